The van der Waals surface area contributed by atoms with Gasteiger partial charge in [0.25, 0.3) is 0 Å². The molecule has 0 amide bonds. The van der Waals surface area contributed by atoms with Gasteiger partial charge < -0.3 is 0 Å². The molecule has 2 aliphatic rings. The van der Waals surface area contributed by atoms with Crippen LogP contribution in [0.15, 0.2) is 24.3 Å². The van der Waals surface area contributed by atoms with Gasteiger partial charge in [0.05, 0.1) is 0 Å². The molecule has 2 aliphatic carbocycles. The summed E-state index contributed by atoms with van der Waals surface area (Å²) in [5, 5.41) is 0. The summed E-state index contributed by atoms with van der Waals surface area (Å²) < 4.78 is 30.0. The van der Waals surface area contributed by atoms with Crippen molar-refractivity contribution in [1.82, 2.24) is 0 Å². The van der Waals surface area contributed by atoms with Crippen LogP contribution in [0.2, 0.25) is 0 Å². The Kier molecular flexibility index (Phi) is 4.21. The predicted molar refractivity (Wildman–Crippen MR) is 102 cm³/mol. The molecule has 25 heavy (non-hydrogen) atoms. The third-order valence-electron chi connectivity index (χ3n) is 6.43. The molecule has 0 heterocycles. The van der Waals surface area contributed by atoms with E-state index in [1.807, 2.05) is 26.0 Å². The molecule has 2 aromatic carbocycles. The second-order valence-electron chi connectivity index (χ2n) is 8.21. The average Bonchev–Trinajstić information content (AvgIpc) is 2.89. The molecule has 1 atom stereocenters. The van der Waals surface area contributed by atoms with Crippen LogP contribution in [-0.4, -0.2) is 7.85 Å². The summed E-state index contributed by atoms with van der Waals surface area (Å²) in [6.07, 6.45) is 5.71. The van der Waals surface area contributed by atoms with Crippen LogP contribution in [0, 0.1) is 30.4 Å². The Balaban J connectivity index is 1.69. The van der Waals surface area contributed by atoms with Crippen molar-refractivity contribution in [2.75, 3.05) is 0 Å². The molecule has 0 aromatic heterocycles. The number of aryl methyl sites for hydroxylation is 1. The highest BCUT2D eigenvalue weighted by molar-refractivity contribution is 6.17. The van der Waals surface area contributed by atoms with Crippen LogP contribution in [0.25, 0.3) is 11.1 Å². The van der Waals surface area contributed by atoms with Crippen LogP contribution >= 0.6 is 0 Å². The maximum Gasteiger partial charge on any atom is 0.130 e. The molecule has 0 nitrogen and oxygen atoms in total. The van der Waals surface area contributed by atoms with E-state index in [9.17, 15) is 4.39 Å². The molecular formula is C22H25BF2. The van der Waals surface area contributed by atoms with E-state index in [1.54, 1.807) is 13.0 Å². The van der Waals surface area contributed by atoms with E-state index in [-0.39, 0.29) is 17.5 Å². The molecule has 3 heteroatoms. The van der Waals surface area contributed by atoms with Gasteiger partial charge in [0, 0.05) is 0 Å². The first kappa shape index (κ1) is 16.8. The number of benzene rings is 2. The molecule has 0 spiro atoms. The minimum absolute atomic E-state index is 0.100. The number of fused-ring (bicyclic) bond motifs is 3. The number of rotatable bonds is 2. The molecule has 0 bridgehead atoms. The van der Waals surface area contributed by atoms with Gasteiger partial charge in [-0.3, -0.25) is 0 Å². The number of hydrogen-bond donors (Lipinski definition) is 0. The minimum Gasteiger partial charge on any atom is -0.206 e. The molecule has 1 fully saturated rings. The standard InChI is InChI=1S/C22H25BF2/c1-12-3-6-14(7-4-12)11-15-8-10-17-16-9-5-13(2)21(24)18(16)20(23)19(17)22(15)25/h5,8-10,12,14,20H,3-4,6-7,11,23H2,1-2H3. The average molecular weight is 338 g/mol. The summed E-state index contributed by atoms with van der Waals surface area (Å²) in [5.74, 6) is 0.903. The first-order chi connectivity index (χ1) is 12.0. The fraction of sp³-hybridized carbons (Fsp3) is 0.455. The van der Waals surface area contributed by atoms with Crippen LogP contribution < -0.4 is 0 Å². The van der Waals surface area contributed by atoms with Gasteiger partial charge in [-0.25, -0.2) is 8.78 Å². The minimum atomic E-state index is -0.212. The zero-order valence-corrected chi connectivity index (χ0v) is 15.3. The summed E-state index contributed by atoms with van der Waals surface area (Å²) in [4.78, 5) is 0. The SMILES string of the molecule is BC1c2c(ccc(C)c2F)-c2ccc(CC3CCC(C)CC3)c(F)c21. The number of hydrogen-bond acceptors (Lipinski definition) is 0. The maximum absolute atomic E-state index is 15.3. The molecule has 4 rings (SSSR count). The molecule has 0 N–H and O–H groups in total. The molecule has 0 radical (unpaired) electrons. The first-order valence-electron chi connectivity index (χ1n) is 9.58. The second-order valence-corrected chi connectivity index (χ2v) is 8.21. The van der Waals surface area contributed by atoms with Gasteiger partial charge in [-0.1, -0.05) is 44.0 Å². The third-order valence-corrected chi connectivity index (χ3v) is 6.43. The van der Waals surface area contributed by atoms with Crippen LogP contribution in [0.4, 0.5) is 8.78 Å². The summed E-state index contributed by atoms with van der Waals surface area (Å²) in [7, 11) is 1.93. The van der Waals surface area contributed by atoms with E-state index in [0.717, 1.165) is 29.0 Å². The van der Waals surface area contributed by atoms with E-state index >= 15 is 4.39 Å². The van der Waals surface area contributed by atoms with Crippen molar-refractivity contribution in [1.29, 1.82) is 0 Å². The Morgan fingerprint density at radius 3 is 2.20 bits per heavy atom. The fourth-order valence-electron chi connectivity index (χ4n) is 4.80. The second kappa shape index (κ2) is 6.27. The lowest BCUT2D eigenvalue weighted by Crippen LogP contribution is -2.15. The lowest BCUT2D eigenvalue weighted by atomic mass is 9.76. The molecule has 1 saturated carbocycles. The van der Waals surface area contributed by atoms with Crippen molar-refractivity contribution >= 4 is 7.85 Å². The van der Waals surface area contributed by atoms with E-state index in [0.29, 0.717) is 22.6 Å². The van der Waals surface area contributed by atoms with Crippen molar-refractivity contribution in [3.8, 4) is 11.1 Å². The van der Waals surface area contributed by atoms with Crippen LogP contribution in [-0.2, 0) is 6.42 Å². The quantitative estimate of drug-likeness (QED) is 0.648. The largest absolute Gasteiger partial charge is 0.206 e. The summed E-state index contributed by atoms with van der Waals surface area (Å²) >= 11 is 0. The van der Waals surface area contributed by atoms with E-state index in [4.69, 9.17) is 0 Å². The normalized spacial score (nSPS) is 24.9. The van der Waals surface area contributed by atoms with Gasteiger partial charge in [0.2, 0.25) is 0 Å². The first-order valence-corrected chi connectivity index (χ1v) is 9.58. The Bertz CT molecular complexity index is 819. The van der Waals surface area contributed by atoms with Crippen molar-refractivity contribution in [3.63, 3.8) is 0 Å². The molecule has 1 unspecified atom stereocenters. The van der Waals surface area contributed by atoms with E-state index in [1.165, 1.54) is 25.7 Å². The molecule has 2 aromatic rings. The van der Waals surface area contributed by atoms with Crippen molar-refractivity contribution in [2.45, 2.75) is 51.8 Å². The van der Waals surface area contributed by atoms with Crippen LogP contribution in [0.5, 0.6) is 0 Å². The lowest BCUT2D eigenvalue weighted by molar-refractivity contribution is 0.287. The van der Waals surface area contributed by atoms with Gasteiger partial charge in [-0.05, 0) is 77.2 Å². The van der Waals surface area contributed by atoms with Crippen LogP contribution in [0.3, 0.4) is 0 Å². The highest BCUT2D eigenvalue weighted by Gasteiger charge is 2.33. The third kappa shape index (κ3) is 2.72. The zero-order chi connectivity index (χ0) is 17.7. The zero-order valence-electron chi connectivity index (χ0n) is 15.3. The summed E-state index contributed by atoms with van der Waals surface area (Å²) in [5.41, 5.74) is 4.55. The van der Waals surface area contributed by atoms with Gasteiger partial charge in [0.1, 0.15) is 19.5 Å². The van der Waals surface area contributed by atoms with Gasteiger partial charge in [-0.2, -0.15) is 0 Å². The number of halogens is 2. The van der Waals surface area contributed by atoms with Crippen LogP contribution in [0.1, 0.15) is 60.7 Å². The Morgan fingerprint density at radius 1 is 0.920 bits per heavy atom. The van der Waals surface area contributed by atoms with E-state index < -0.39 is 0 Å². The van der Waals surface area contributed by atoms with Gasteiger partial charge >= 0.3 is 0 Å². The Labute approximate surface area is 150 Å². The topological polar surface area (TPSA) is 0 Å². The lowest BCUT2D eigenvalue weighted by Gasteiger charge is -2.26. The van der Waals surface area contributed by atoms with Crippen molar-refractivity contribution in [2.24, 2.45) is 11.8 Å². The van der Waals surface area contributed by atoms with E-state index in [2.05, 4.69) is 6.92 Å². The smallest absolute Gasteiger partial charge is 0.130 e. The maximum atomic E-state index is 15.3. The van der Waals surface area contributed by atoms with Crippen molar-refractivity contribution < 1.29 is 8.78 Å². The molecule has 0 aliphatic heterocycles. The van der Waals surface area contributed by atoms with Crippen molar-refractivity contribution in [3.05, 3.63) is 58.2 Å². The fourth-order valence-corrected chi connectivity index (χ4v) is 4.80. The molecule has 0 saturated heterocycles. The summed E-state index contributed by atoms with van der Waals surface area (Å²) in [6, 6.07) is 7.69. The Hall–Kier alpha value is -1.64. The molecular weight excluding hydrogens is 313 g/mol. The van der Waals surface area contributed by atoms with Gasteiger partial charge in [0.15, 0.2) is 0 Å². The highest BCUT2D eigenvalue weighted by Crippen LogP contribution is 2.47. The monoisotopic (exact) mass is 338 g/mol. The highest BCUT2D eigenvalue weighted by atomic mass is 19.1. The summed E-state index contributed by atoms with van der Waals surface area (Å²) in [6.45, 7) is 4.08. The molecule has 130 valence electrons. The Morgan fingerprint density at radius 2 is 1.52 bits per heavy atom. The van der Waals surface area contributed by atoms with Gasteiger partial charge in [-0.15, -0.1) is 0 Å². The predicted octanol–water partition coefficient (Wildman–Crippen LogP) is 5.34.